The monoisotopic (exact) mass is 336 g/mol. The first-order valence-corrected chi connectivity index (χ1v) is 9.20. The Hall–Kier alpha value is -2.86. The van der Waals surface area contributed by atoms with Crippen molar-refractivity contribution >= 4 is 10.8 Å². The first kappa shape index (κ1) is 16.6. The van der Waals surface area contributed by atoms with Crippen LogP contribution in [-0.4, -0.2) is 0 Å². The third-order valence-electron chi connectivity index (χ3n) is 5.08. The fourth-order valence-corrected chi connectivity index (χ4v) is 3.69. The van der Waals surface area contributed by atoms with Gasteiger partial charge in [-0.3, -0.25) is 0 Å². The molecule has 0 aliphatic carbocycles. The smallest absolute Gasteiger partial charge is 0.00963 e. The Morgan fingerprint density at radius 3 is 1.08 bits per heavy atom. The average Bonchev–Trinajstić information content (AvgIpc) is 2.62. The van der Waals surface area contributed by atoms with E-state index in [9.17, 15) is 0 Å². The lowest BCUT2D eigenvalue weighted by atomic mass is 9.89. The van der Waals surface area contributed by atoms with Gasteiger partial charge in [0.1, 0.15) is 0 Å². The lowest BCUT2D eigenvalue weighted by molar-refractivity contribution is 1.44. The van der Waals surface area contributed by atoms with Gasteiger partial charge in [-0.2, -0.15) is 0 Å². The summed E-state index contributed by atoms with van der Waals surface area (Å²) in [6, 6.07) is 27.0. The zero-order valence-corrected chi connectivity index (χ0v) is 15.9. The summed E-state index contributed by atoms with van der Waals surface area (Å²) in [5.74, 6) is 0. The van der Waals surface area contributed by atoms with Gasteiger partial charge in [-0.15, -0.1) is 0 Å². The van der Waals surface area contributed by atoms with Gasteiger partial charge in [0.25, 0.3) is 0 Å². The molecule has 0 bridgehead atoms. The number of rotatable bonds is 2. The molecule has 0 N–H and O–H groups in total. The van der Waals surface area contributed by atoms with Crippen molar-refractivity contribution in [1.29, 1.82) is 0 Å². The first-order valence-electron chi connectivity index (χ1n) is 9.20. The maximum absolute atomic E-state index is 2.32. The van der Waals surface area contributed by atoms with Crippen LogP contribution in [0, 0.1) is 27.7 Å². The summed E-state index contributed by atoms with van der Waals surface area (Å²) in [7, 11) is 0. The Labute approximate surface area is 156 Å². The van der Waals surface area contributed by atoms with Gasteiger partial charge in [-0.25, -0.2) is 0 Å². The number of fused-ring (bicyclic) bond motifs is 1. The standard InChI is InChI=1S/C26H24/c1-17-5-9-21(10-6-17)23-13-19(3)16-26-24(14-20(4)15-25(23)26)22-11-7-18(2)8-12-22/h5-16H,1-4H3. The second-order valence-corrected chi connectivity index (χ2v) is 7.45. The van der Waals surface area contributed by atoms with Crippen LogP contribution in [0.15, 0.2) is 72.8 Å². The normalized spacial score (nSPS) is 11.1. The van der Waals surface area contributed by atoms with E-state index in [0.717, 1.165) is 0 Å². The molecule has 0 heterocycles. The molecule has 0 aliphatic rings. The van der Waals surface area contributed by atoms with Crippen molar-refractivity contribution in [1.82, 2.24) is 0 Å². The Kier molecular flexibility index (Phi) is 4.12. The fraction of sp³-hybridized carbons (Fsp3) is 0.154. The van der Waals surface area contributed by atoms with Crippen LogP contribution in [0.4, 0.5) is 0 Å². The summed E-state index contributed by atoms with van der Waals surface area (Å²) in [5.41, 5.74) is 10.4. The van der Waals surface area contributed by atoms with Crippen LogP contribution < -0.4 is 0 Å². The van der Waals surface area contributed by atoms with Crippen LogP contribution >= 0.6 is 0 Å². The topological polar surface area (TPSA) is 0 Å². The molecule has 0 unspecified atom stereocenters. The molecule has 0 radical (unpaired) electrons. The predicted molar refractivity (Wildman–Crippen MR) is 114 cm³/mol. The third-order valence-corrected chi connectivity index (χ3v) is 5.08. The molecule has 26 heavy (non-hydrogen) atoms. The molecule has 0 atom stereocenters. The highest BCUT2D eigenvalue weighted by Crippen LogP contribution is 2.37. The van der Waals surface area contributed by atoms with E-state index in [2.05, 4.69) is 100 Å². The first-order chi connectivity index (χ1) is 12.5. The lowest BCUT2D eigenvalue weighted by Gasteiger charge is -2.15. The Morgan fingerprint density at radius 2 is 0.731 bits per heavy atom. The summed E-state index contributed by atoms with van der Waals surface area (Å²) in [6.45, 7) is 8.65. The van der Waals surface area contributed by atoms with Gasteiger partial charge < -0.3 is 0 Å². The molecule has 0 nitrogen and oxygen atoms in total. The van der Waals surface area contributed by atoms with Crippen LogP contribution in [0.5, 0.6) is 0 Å². The van der Waals surface area contributed by atoms with Crippen LogP contribution in [0.3, 0.4) is 0 Å². The quantitative estimate of drug-likeness (QED) is 0.357. The summed E-state index contributed by atoms with van der Waals surface area (Å²) in [4.78, 5) is 0. The molecule has 0 amide bonds. The predicted octanol–water partition coefficient (Wildman–Crippen LogP) is 7.41. The van der Waals surface area contributed by atoms with Crippen molar-refractivity contribution in [3.63, 3.8) is 0 Å². The second-order valence-electron chi connectivity index (χ2n) is 7.45. The van der Waals surface area contributed by atoms with E-state index in [1.807, 2.05) is 0 Å². The average molecular weight is 336 g/mol. The summed E-state index contributed by atoms with van der Waals surface area (Å²) in [6.07, 6.45) is 0. The number of aryl methyl sites for hydroxylation is 4. The Bertz CT molecular complexity index is 991. The van der Waals surface area contributed by atoms with Gasteiger partial charge >= 0.3 is 0 Å². The van der Waals surface area contributed by atoms with Crippen LogP contribution in [0.1, 0.15) is 22.3 Å². The number of hydrogen-bond acceptors (Lipinski definition) is 0. The molecule has 4 aromatic rings. The van der Waals surface area contributed by atoms with Crippen LogP contribution in [0.25, 0.3) is 33.0 Å². The van der Waals surface area contributed by atoms with E-state index >= 15 is 0 Å². The van der Waals surface area contributed by atoms with E-state index in [1.165, 1.54) is 55.3 Å². The summed E-state index contributed by atoms with van der Waals surface area (Å²) < 4.78 is 0. The van der Waals surface area contributed by atoms with Gasteiger partial charge in [-0.1, -0.05) is 83.9 Å². The lowest BCUT2D eigenvalue weighted by Crippen LogP contribution is -1.90. The highest BCUT2D eigenvalue weighted by atomic mass is 14.1. The van der Waals surface area contributed by atoms with Gasteiger partial charge in [0.05, 0.1) is 0 Å². The molecule has 128 valence electrons. The second kappa shape index (κ2) is 6.46. The van der Waals surface area contributed by atoms with Crippen molar-refractivity contribution in [2.24, 2.45) is 0 Å². The number of benzene rings is 4. The van der Waals surface area contributed by atoms with Crippen molar-refractivity contribution < 1.29 is 0 Å². The SMILES string of the molecule is Cc1ccc(-c2cc(C)cc3c(-c4ccc(C)cc4)cc(C)cc23)cc1. The minimum atomic E-state index is 1.28. The fourth-order valence-electron chi connectivity index (χ4n) is 3.69. The van der Waals surface area contributed by atoms with E-state index in [0.29, 0.717) is 0 Å². The molecular formula is C26H24. The minimum Gasteiger partial charge on any atom is -0.0587 e. The highest BCUT2D eigenvalue weighted by molar-refractivity contribution is 6.05. The Balaban J connectivity index is 2.04. The van der Waals surface area contributed by atoms with Crippen LogP contribution in [-0.2, 0) is 0 Å². The van der Waals surface area contributed by atoms with Crippen molar-refractivity contribution in [2.75, 3.05) is 0 Å². The maximum Gasteiger partial charge on any atom is -0.00963 e. The summed E-state index contributed by atoms with van der Waals surface area (Å²) >= 11 is 0. The molecule has 0 aliphatic heterocycles. The number of hydrogen-bond donors (Lipinski definition) is 0. The van der Waals surface area contributed by atoms with Crippen molar-refractivity contribution in [3.05, 3.63) is 95.1 Å². The molecule has 4 aromatic carbocycles. The zero-order chi connectivity index (χ0) is 18.3. The largest absolute Gasteiger partial charge is 0.0587 e. The third kappa shape index (κ3) is 3.04. The molecular weight excluding hydrogens is 312 g/mol. The molecule has 0 fully saturated rings. The van der Waals surface area contributed by atoms with Crippen molar-refractivity contribution in [2.45, 2.75) is 27.7 Å². The van der Waals surface area contributed by atoms with Gasteiger partial charge in [0, 0.05) is 0 Å². The van der Waals surface area contributed by atoms with E-state index in [-0.39, 0.29) is 0 Å². The van der Waals surface area contributed by atoms with Crippen LogP contribution in [0.2, 0.25) is 0 Å². The highest BCUT2D eigenvalue weighted by Gasteiger charge is 2.11. The molecule has 4 rings (SSSR count). The minimum absolute atomic E-state index is 1.28. The van der Waals surface area contributed by atoms with Crippen molar-refractivity contribution in [3.8, 4) is 22.3 Å². The van der Waals surface area contributed by atoms with E-state index < -0.39 is 0 Å². The van der Waals surface area contributed by atoms with Gasteiger partial charge in [-0.05, 0) is 71.8 Å². The Morgan fingerprint density at radius 1 is 0.385 bits per heavy atom. The molecule has 0 heteroatoms. The van der Waals surface area contributed by atoms with E-state index in [4.69, 9.17) is 0 Å². The molecule has 0 aromatic heterocycles. The zero-order valence-electron chi connectivity index (χ0n) is 15.9. The maximum atomic E-state index is 2.32. The van der Waals surface area contributed by atoms with Gasteiger partial charge in [0.15, 0.2) is 0 Å². The van der Waals surface area contributed by atoms with E-state index in [1.54, 1.807) is 0 Å². The molecule has 0 spiro atoms. The molecule has 0 saturated carbocycles. The summed E-state index contributed by atoms with van der Waals surface area (Å²) in [5, 5.41) is 2.66. The molecule has 0 saturated heterocycles. The van der Waals surface area contributed by atoms with Gasteiger partial charge in [0.2, 0.25) is 0 Å².